The maximum Gasteiger partial charge on any atom is 0.334 e. The van der Waals surface area contributed by atoms with Crippen LogP contribution < -0.4 is 0 Å². The van der Waals surface area contributed by atoms with Gasteiger partial charge < -0.3 is 10.2 Å². The summed E-state index contributed by atoms with van der Waals surface area (Å²) in [6, 6.07) is 0. The molecule has 0 bridgehead atoms. The molecule has 0 fully saturated rings. The molecule has 0 aromatic carbocycles. The van der Waals surface area contributed by atoms with E-state index in [2.05, 4.69) is 4.18 Å². The van der Waals surface area contributed by atoms with Crippen molar-refractivity contribution in [2.75, 3.05) is 0 Å². The van der Waals surface area contributed by atoms with E-state index in [-0.39, 0.29) is 0 Å². The van der Waals surface area contributed by atoms with Gasteiger partial charge in [0.2, 0.25) is 0 Å². The van der Waals surface area contributed by atoms with Crippen molar-refractivity contribution in [3.05, 3.63) is 0 Å². The number of hydrogen-bond acceptors (Lipinski definition) is 4. The van der Waals surface area contributed by atoms with Gasteiger partial charge in [-0.3, -0.25) is 13.5 Å². The van der Waals surface area contributed by atoms with Crippen molar-refractivity contribution in [1.29, 1.82) is 0 Å². The number of carboxylic acids is 2. The molecular weight excluding hydrogens is 192 g/mol. The summed E-state index contributed by atoms with van der Waals surface area (Å²) in [6.07, 6.45) is -2.66. The molecular formula is C4H6O7S. The number of carbonyl (C=O) groups is 2. The summed E-state index contributed by atoms with van der Waals surface area (Å²) >= 11 is -2.78. The van der Waals surface area contributed by atoms with Gasteiger partial charge in [-0.05, 0) is 0 Å². The number of hydrogen-bond donors (Lipinski definition) is 3. The molecule has 0 aliphatic heterocycles. The Morgan fingerprint density at radius 2 is 1.92 bits per heavy atom. The summed E-state index contributed by atoms with van der Waals surface area (Å²) in [5.74, 6) is -3.02. The van der Waals surface area contributed by atoms with Crippen LogP contribution in [0.25, 0.3) is 0 Å². The highest BCUT2D eigenvalue weighted by atomic mass is 32.2. The van der Waals surface area contributed by atoms with Crippen LogP contribution in [0.1, 0.15) is 6.42 Å². The SMILES string of the molecule is O=C(O)CC(OS(=O)O)C(=O)O. The highest BCUT2D eigenvalue weighted by Gasteiger charge is 2.23. The molecule has 0 spiro atoms. The van der Waals surface area contributed by atoms with Crippen molar-refractivity contribution < 1.29 is 32.7 Å². The van der Waals surface area contributed by atoms with Gasteiger partial charge in [0.25, 0.3) is 0 Å². The Kier molecular flexibility index (Phi) is 4.40. The fourth-order valence-corrected chi connectivity index (χ4v) is 0.770. The van der Waals surface area contributed by atoms with E-state index in [4.69, 9.17) is 14.8 Å². The lowest BCUT2D eigenvalue weighted by Gasteiger charge is -2.05. The second kappa shape index (κ2) is 4.80. The summed E-state index contributed by atoms with van der Waals surface area (Å²) in [4.78, 5) is 20.1. The Bertz CT molecular complexity index is 195. The summed E-state index contributed by atoms with van der Waals surface area (Å²) < 4.78 is 21.9. The third kappa shape index (κ3) is 4.77. The summed E-state index contributed by atoms with van der Waals surface area (Å²) in [7, 11) is 0. The molecule has 7 nitrogen and oxygen atoms in total. The number of rotatable bonds is 5. The van der Waals surface area contributed by atoms with E-state index < -0.39 is 35.8 Å². The van der Waals surface area contributed by atoms with Crippen molar-refractivity contribution in [2.24, 2.45) is 0 Å². The van der Waals surface area contributed by atoms with E-state index in [1.54, 1.807) is 0 Å². The molecule has 0 rings (SSSR count). The van der Waals surface area contributed by atoms with E-state index in [1.165, 1.54) is 0 Å². The zero-order chi connectivity index (χ0) is 9.72. The van der Waals surface area contributed by atoms with E-state index in [0.29, 0.717) is 0 Å². The normalized spacial score (nSPS) is 15.1. The predicted molar refractivity (Wildman–Crippen MR) is 35.5 cm³/mol. The van der Waals surface area contributed by atoms with Crippen molar-refractivity contribution in [1.82, 2.24) is 0 Å². The largest absolute Gasteiger partial charge is 0.481 e. The average Bonchev–Trinajstić information content (AvgIpc) is 1.83. The Labute approximate surface area is 69.4 Å². The Balaban J connectivity index is 4.14. The fourth-order valence-electron chi connectivity index (χ4n) is 0.420. The molecule has 0 radical (unpaired) electrons. The maximum atomic E-state index is 10.1. The zero-order valence-electron chi connectivity index (χ0n) is 5.67. The molecule has 0 saturated heterocycles. The van der Waals surface area contributed by atoms with Gasteiger partial charge in [0.1, 0.15) is 0 Å². The molecule has 8 heteroatoms. The van der Waals surface area contributed by atoms with E-state index in [1.807, 2.05) is 0 Å². The first-order valence-electron chi connectivity index (χ1n) is 2.66. The summed E-state index contributed by atoms with van der Waals surface area (Å²) in [5, 5.41) is 16.4. The predicted octanol–water partition coefficient (Wildman–Crippen LogP) is -0.932. The van der Waals surface area contributed by atoms with E-state index in [9.17, 15) is 13.8 Å². The minimum Gasteiger partial charge on any atom is -0.481 e. The van der Waals surface area contributed by atoms with Crippen molar-refractivity contribution in [3.63, 3.8) is 0 Å². The molecule has 12 heavy (non-hydrogen) atoms. The van der Waals surface area contributed by atoms with E-state index in [0.717, 1.165) is 0 Å². The van der Waals surface area contributed by atoms with Crippen LogP contribution in [0.15, 0.2) is 0 Å². The summed E-state index contributed by atoms with van der Waals surface area (Å²) in [5.41, 5.74) is 0. The van der Waals surface area contributed by atoms with Crippen LogP contribution in [0.3, 0.4) is 0 Å². The number of carboxylic acid groups (broad SMARTS) is 2. The summed E-state index contributed by atoms with van der Waals surface area (Å²) in [6.45, 7) is 0. The monoisotopic (exact) mass is 198 g/mol. The van der Waals surface area contributed by atoms with Crippen molar-refractivity contribution >= 4 is 23.3 Å². The Hall–Kier alpha value is -0.990. The molecule has 0 heterocycles. The van der Waals surface area contributed by atoms with Crippen molar-refractivity contribution in [3.8, 4) is 0 Å². The van der Waals surface area contributed by atoms with Gasteiger partial charge in [-0.2, -0.15) is 4.21 Å². The Morgan fingerprint density at radius 1 is 1.42 bits per heavy atom. The first-order chi connectivity index (χ1) is 5.43. The molecule has 0 saturated carbocycles. The van der Waals surface area contributed by atoms with Crippen LogP contribution in [0.2, 0.25) is 0 Å². The van der Waals surface area contributed by atoms with Gasteiger partial charge in [-0.25, -0.2) is 4.79 Å². The minimum absolute atomic E-state index is 0.859. The topological polar surface area (TPSA) is 121 Å². The first-order valence-corrected chi connectivity index (χ1v) is 3.69. The van der Waals surface area contributed by atoms with Gasteiger partial charge in [0.15, 0.2) is 6.10 Å². The van der Waals surface area contributed by atoms with Gasteiger partial charge in [0.05, 0.1) is 6.42 Å². The number of aliphatic carboxylic acids is 2. The molecule has 0 aliphatic rings. The first kappa shape index (κ1) is 11.0. The van der Waals surface area contributed by atoms with Gasteiger partial charge in [-0.1, -0.05) is 0 Å². The second-order valence-corrected chi connectivity index (χ2v) is 2.36. The van der Waals surface area contributed by atoms with Crippen LogP contribution in [0.4, 0.5) is 0 Å². The smallest absolute Gasteiger partial charge is 0.334 e. The third-order valence-corrected chi connectivity index (χ3v) is 1.23. The van der Waals surface area contributed by atoms with Crippen LogP contribution in [0.5, 0.6) is 0 Å². The van der Waals surface area contributed by atoms with Gasteiger partial charge >= 0.3 is 23.3 Å². The highest BCUT2D eigenvalue weighted by molar-refractivity contribution is 7.74. The standard InChI is InChI=1S/C4H6O7S/c5-3(6)1-2(4(7)8)11-12(9)10/h2H,1H2,(H,5,6)(H,7,8)(H,9,10). The molecule has 0 aromatic rings. The molecule has 3 N–H and O–H groups in total. The van der Waals surface area contributed by atoms with Crippen molar-refractivity contribution in [2.45, 2.75) is 12.5 Å². The maximum absolute atomic E-state index is 10.1. The van der Waals surface area contributed by atoms with Gasteiger partial charge in [-0.15, -0.1) is 0 Å². The van der Waals surface area contributed by atoms with Crippen LogP contribution in [0, 0.1) is 0 Å². The molecule has 0 amide bonds. The highest BCUT2D eigenvalue weighted by Crippen LogP contribution is 2.00. The molecule has 2 atom stereocenters. The molecule has 2 unspecified atom stereocenters. The second-order valence-electron chi connectivity index (χ2n) is 1.74. The van der Waals surface area contributed by atoms with Gasteiger partial charge in [0, 0.05) is 0 Å². The van der Waals surface area contributed by atoms with Crippen LogP contribution >= 0.6 is 0 Å². The minimum atomic E-state index is -2.78. The lowest BCUT2D eigenvalue weighted by molar-refractivity contribution is -0.151. The lowest BCUT2D eigenvalue weighted by Crippen LogP contribution is -2.27. The lowest BCUT2D eigenvalue weighted by atomic mass is 10.3. The zero-order valence-corrected chi connectivity index (χ0v) is 6.48. The quantitative estimate of drug-likeness (QED) is 0.487. The fraction of sp³-hybridized carbons (Fsp3) is 0.500. The van der Waals surface area contributed by atoms with E-state index >= 15 is 0 Å². The van der Waals surface area contributed by atoms with Crippen LogP contribution in [-0.2, 0) is 25.1 Å². The molecule has 0 aromatic heterocycles. The Morgan fingerprint density at radius 3 is 2.17 bits per heavy atom. The average molecular weight is 198 g/mol. The van der Waals surface area contributed by atoms with Crippen LogP contribution in [-0.4, -0.2) is 37.0 Å². The molecule has 0 aliphatic carbocycles. The molecule has 70 valence electrons. The third-order valence-electron chi connectivity index (χ3n) is 0.834.